The van der Waals surface area contributed by atoms with Gasteiger partial charge in [-0.2, -0.15) is 0 Å². The molecule has 2 nitrogen and oxygen atoms in total. The molecule has 1 aliphatic heterocycles. The molecule has 0 aromatic heterocycles. The Hall–Kier alpha value is -0.960. The number of likely N-dealkylation sites (N-methyl/N-ethyl adjacent to an activating group) is 1. The molecular weight excluding hydrogens is 240 g/mol. The van der Waals surface area contributed by atoms with Crippen LogP contribution in [0.2, 0.25) is 0 Å². The predicted octanol–water partition coefficient (Wildman–Crippen LogP) is 2.51. The monoisotopic (exact) mass is 254 g/mol. The van der Waals surface area contributed by atoms with E-state index >= 15 is 0 Å². The third-order valence-corrected chi connectivity index (χ3v) is 2.52. The van der Waals surface area contributed by atoms with E-state index in [1.807, 2.05) is 25.4 Å². The Morgan fingerprint density at radius 1 is 1.71 bits per heavy atom. The van der Waals surface area contributed by atoms with Gasteiger partial charge in [-0.3, -0.25) is 0 Å². The van der Waals surface area contributed by atoms with Crippen LogP contribution in [-0.4, -0.2) is 18.0 Å². The Labute approximate surface area is 93.6 Å². The van der Waals surface area contributed by atoms with Crippen LogP contribution in [0.5, 0.6) is 0 Å². The van der Waals surface area contributed by atoms with Crippen LogP contribution < -0.4 is 5.73 Å². The maximum absolute atomic E-state index is 5.48. The maximum atomic E-state index is 5.48. The van der Waals surface area contributed by atoms with Crippen molar-refractivity contribution < 1.29 is 0 Å². The zero-order chi connectivity index (χ0) is 10.7. The molecule has 1 rings (SSSR count). The molecule has 0 radical (unpaired) electrons. The van der Waals surface area contributed by atoms with E-state index in [0.717, 1.165) is 4.48 Å². The van der Waals surface area contributed by atoms with Crippen LogP contribution in [0.25, 0.3) is 0 Å². The summed E-state index contributed by atoms with van der Waals surface area (Å²) in [6.07, 6.45) is 8.03. The molecule has 1 unspecified atom stereocenters. The summed E-state index contributed by atoms with van der Waals surface area (Å²) in [7, 11) is 2.03. The largest absolute Gasteiger partial charge is 0.399 e. The molecule has 14 heavy (non-hydrogen) atoms. The normalized spacial score (nSPS) is 22.2. The number of rotatable bonds is 2. The van der Waals surface area contributed by atoms with Crippen molar-refractivity contribution in [3.8, 4) is 0 Å². The van der Waals surface area contributed by atoms with E-state index in [2.05, 4.69) is 40.4 Å². The van der Waals surface area contributed by atoms with E-state index < -0.39 is 0 Å². The first kappa shape index (κ1) is 11.1. The summed E-state index contributed by atoms with van der Waals surface area (Å²) in [5.41, 5.74) is 7.34. The Morgan fingerprint density at radius 2 is 2.36 bits per heavy atom. The minimum atomic E-state index is 0.275. The highest BCUT2D eigenvalue weighted by Crippen LogP contribution is 2.23. The van der Waals surface area contributed by atoms with Gasteiger partial charge in [0.25, 0.3) is 0 Å². The van der Waals surface area contributed by atoms with Crippen molar-refractivity contribution in [3.05, 3.63) is 46.8 Å². The molecule has 0 saturated heterocycles. The smallest absolute Gasteiger partial charge is 0.0682 e. The van der Waals surface area contributed by atoms with Crippen molar-refractivity contribution in [3.63, 3.8) is 0 Å². The highest BCUT2D eigenvalue weighted by Gasteiger charge is 2.14. The molecule has 76 valence electrons. The summed E-state index contributed by atoms with van der Waals surface area (Å²) in [5.74, 6) is 0. The van der Waals surface area contributed by atoms with Crippen LogP contribution in [0.15, 0.2) is 46.8 Å². The quantitative estimate of drug-likeness (QED) is 0.768. The molecule has 0 spiro atoms. The number of nitrogens with zero attached hydrogens (tertiary/aromatic N) is 1. The van der Waals surface area contributed by atoms with E-state index in [-0.39, 0.29) is 6.04 Å². The minimum absolute atomic E-state index is 0.275. The average molecular weight is 255 g/mol. The SMILES string of the molecule is C=C(N)/C=C\C1C(C)=CC(Br)=CN1C. The van der Waals surface area contributed by atoms with Crippen molar-refractivity contribution in [2.45, 2.75) is 13.0 Å². The molecule has 0 aromatic rings. The number of hydrogen-bond donors (Lipinski definition) is 1. The first-order chi connectivity index (χ1) is 6.50. The molecule has 3 heteroatoms. The molecule has 2 N–H and O–H groups in total. The number of allylic oxidation sites excluding steroid dienone is 3. The van der Waals surface area contributed by atoms with Crippen LogP contribution in [0.3, 0.4) is 0 Å². The van der Waals surface area contributed by atoms with Crippen LogP contribution in [0.1, 0.15) is 6.92 Å². The molecule has 0 aliphatic carbocycles. The van der Waals surface area contributed by atoms with Crippen LogP contribution >= 0.6 is 15.9 Å². The number of halogens is 1. The van der Waals surface area contributed by atoms with Gasteiger partial charge in [-0.15, -0.1) is 0 Å². The van der Waals surface area contributed by atoms with E-state index in [1.165, 1.54) is 5.57 Å². The van der Waals surface area contributed by atoms with E-state index in [1.54, 1.807) is 0 Å². The first-order valence-corrected chi connectivity index (χ1v) is 5.20. The molecule has 0 aromatic carbocycles. The molecule has 1 atom stereocenters. The third-order valence-electron chi connectivity index (χ3n) is 2.09. The van der Waals surface area contributed by atoms with E-state index in [4.69, 9.17) is 5.73 Å². The Morgan fingerprint density at radius 3 is 2.86 bits per heavy atom. The Balaban J connectivity index is 2.82. The lowest BCUT2D eigenvalue weighted by Gasteiger charge is -2.28. The lowest BCUT2D eigenvalue weighted by Crippen LogP contribution is -2.28. The second kappa shape index (κ2) is 4.51. The molecule has 1 aliphatic rings. The molecule has 1 heterocycles. The van der Waals surface area contributed by atoms with Gasteiger partial charge in [0.05, 0.1) is 6.04 Å². The van der Waals surface area contributed by atoms with Gasteiger partial charge in [0, 0.05) is 23.4 Å². The third kappa shape index (κ3) is 2.77. The van der Waals surface area contributed by atoms with Gasteiger partial charge in [0.2, 0.25) is 0 Å². The van der Waals surface area contributed by atoms with Crippen molar-refractivity contribution >= 4 is 15.9 Å². The number of nitrogens with two attached hydrogens (primary N) is 1. The van der Waals surface area contributed by atoms with Crippen molar-refractivity contribution in [2.24, 2.45) is 5.73 Å². The fraction of sp³-hybridized carbons (Fsp3) is 0.273. The van der Waals surface area contributed by atoms with E-state index in [0.29, 0.717) is 5.70 Å². The van der Waals surface area contributed by atoms with Crippen LogP contribution in [0, 0.1) is 0 Å². The molecule has 0 saturated carbocycles. The topological polar surface area (TPSA) is 29.3 Å². The highest BCUT2D eigenvalue weighted by molar-refractivity contribution is 9.11. The maximum Gasteiger partial charge on any atom is 0.0682 e. The molecule has 0 amide bonds. The van der Waals surface area contributed by atoms with E-state index in [9.17, 15) is 0 Å². The zero-order valence-electron chi connectivity index (χ0n) is 8.50. The molecular formula is C11H15BrN2. The minimum Gasteiger partial charge on any atom is -0.399 e. The van der Waals surface area contributed by atoms with Gasteiger partial charge < -0.3 is 10.6 Å². The Bertz CT molecular complexity index is 326. The summed E-state index contributed by atoms with van der Waals surface area (Å²) >= 11 is 3.45. The second-order valence-electron chi connectivity index (χ2n) is 3.45. The van der Waals surface area contributed by atoms with Gasteiger partial charge >= 0.3 is 0 Å². The van der Waals surface area contributed by atoms with Crippen molar-refractivity contribution in [1.29, 1.82) is 0 Å². The summed E-state index contributed by atoms with van der Waals surface area (Å²) in [6.45, 7) is 5.73. The lowest BCUT2D eigenvalue weighted by molar-refractivity contribution is 0.417. The fourth-order valence-electron chi connectivity index (χ4n) is 1.44. The van der Waals surface area contributed by atoms with Gasteiger partial charge in [0.1, 0.15) is 0 Å². The summed E-state index contributed by atoms with van der Waals surface area (Å²) in [5, 5.41) is 0. The zero-order valence-corrected chi connectivity index (χ0v) is 10.1. The van der Waals surface area contributed by atoms with Crippen LogP contribution in [0.4, 0.5) is 0 Å². The summed E-state index contributed by atoms with van der Waals surface area (Å²) in [4.78, 5) is 2.12. The van der Waals surface area contributed by atoms with Crippen LogP contribution in [-0.2, 0) is 0 Å². The molecule has 0 fully saturated rings. The Kier molecular flexibility index (Phi) is 3.58. The van der Waals surface area contributed by atoms with Gasteiger partial charge in [0.15, 0.2) is 0 Å². The lowest BCUT2D eigenvalue weighted by atomic mass is 10.0. The van der Waals surface area contributed by atoms with Crippen molar-refractivity contribution in [1.82, 2.24) is 4.90 Å². The van der Waals surface area contributed by atoms with Crippen molar-refractivity contribution in [2.75, 3.05) is 7.05 Å². The highest BCUT2D eigenvalue weighted by atomic mass is 79.9. The average Bonchev–Trinajstić information content (AvgIpc) is 2.01. The first-order valence-electron chi connectivity index (χ1n) is 4.40. The number of hydrogen-bond acceptors (Lipinski definition) is 2. The predicted molar refractivity (Wildman–Crippen MR) is 64.8 cm³/mol. The second-order valence-corrected chi connectivity index (χ2v) is 4.36. The fourth-order valence-corrected chi connectivity index (χ4v) is 2.12. The van der Waals surface area contributed by atoms with Gasteiger partial charge in [-0.1, -0.05) is 12.7 Å². The summed E-state index contributed by atoms with van der Waals surface area (Å²) < 4.78 is 1.09. The molecule has 0 bridgehead atoms. The summed E-state index contributed by atoms with van der Waals surface area (Å²) in [6, 6.07) is 0.275. The standard InChI is InChI=1S/C11H15BrN2/c1-8-6-10(12)7-14(3)11(8)5-4-9(2)13/h4-7,11H,2,13H2,1,3H3/b5-4-. The van der Waals surface area contributed by atoms with Gasteiger partial charge in [-0.25, -0.2) is 0 Å². The van der Waals surface area contributed by atoms with Gasteiger partial charge in [-0.05, 0) is 40.6 Å².